The molecule has 1 aliphatic carbocycles. The molecule has 1 atom stereocenters. The summed E-state index contributed by atoms with van der Waals surface area (Å²) in [5.41, 5.74) is 2.50. The van der Waals surface area contributed by atoms with E-state index in [1.807, 2.05) is 6.92 Å². The predicted molar refractivity (Wildman–Crippen MR) is 73.6 cm³/mol. The van der Waals surface area contributed by atoms with Crippen molar-refractivity contribution < 1.29 is 9.84 Å². The molecule has 1 fully saturated rings. The van der Waals surface area contributed by atoms with Crippen LogP contribution in [0.3, 0.4) is 0 Å². The lowest BCUT2D eigenvalue weighted by Gasteiger charge is -2.36. The molecule has 0 spiro atoms. The number of aryl methyl sites for hydroxylation is 1. The van der Waals surface area contributed by atoms with Crippen molar-refractivity contribution in [2.75, 3.05) is 6.61 Å². The van der Waals surface area contributed by atoms with Crippen molar-refractivity contribution in [3.05, 3.63) is 35.4 Å². The van der Waals surface area contributed by atoms with Gasteiger partial charge in [0.25, 0.3) is 0 Å². The Bertz CT molecular complexity index is 352. The van der Waals surface area contributed by atoms with Crippen LogP contribution in [0.4, 0.5) is 0 Å². The van der Waals surface area contributed by atoms with E-state index < -0.39 is 0 Å². The fourth-order valence-corrected chi connectivity index (χ4v) is 2.70. The normalized spacial score (nSPS) is 24.6. The first-order chi connectivity index (χ1) is 8.67. The van der Waals surface area contributed by atoms with Crippen LogP contribution >= 0.6 is 0 Å². The van der Waals surface area contributed by atoms with E-state index in [2.05, 4.69) is 31.2 Å². The van der Waals surface area contributed by atoms with E-state index in [0.717, 1.165) is 32.3 Å². The van der Waals surface area contributed by atoms with Gasteiger partial charge in [0, 0.05) is 6.61 Å². The highest BCUT2D eigenvalue weighted by Crippen LogP contribution is 2.34. The van der Waals surface area contributed by atoms with Gasteiger partial charge in [0.2, 0.25) is 0 Å². The van der Waals surface area contributed by atoms with Gasteiger partial charge in [-0.25, -0.2) is 0 Å². The first kappa shape index (κ1) is 13.6. The fourth-order valence-electron chi connectivity index (χ4n) is 2.70. The molecule has 0 heterocycles. The van der Waals surface area contributed by atoms with Crippen molar-refractivity contribution >= 4 is 0 Å². The molecule has 2 rings (SSSR count). The number of ether oxygens (including phenoxy) is 1. The maximum absolute atomic E-state index is 10.1. The molecule has 0 aliphatic heterocycles. The molecule has 2 heteroatoms. The molecule has 0 amide bonds. The van der Waals surface area contributed by atoms with E-state index in [-0.39, 0.29) is 6.10 Å². The molecule has 0 saturated heterocycles. The second-order valence-corrected chi connectivity index (χ2v) is 5.49. The van der Waals surface area contributed by atoms with Gasteiger partial charge in [-0.05, 0) is 51.0 Å². The van der Waals surface area contributed by atoms with E-state index >= 15 is 0 Å². The maximum atomic E-state index is 10.1. The lowest BCUT2D eigenvalue weighted by atomic mass is 9.78. The second kappa shape index (κ2) is 6.35. The minimum absolute atomic E-state index is 0.208. The minimum Gasteiger partial charge on any atom is -0.393 e. The lowest BCUT2D eigenvalue weighted by Crippen LogP contribution is -2.34. The summed E-state index contributed by atoms with van der Waals surface area (Å²) in [6, 6.07) is 8.44. The summed E-state index contributed by atoms with van der Waals surface area (Å²) >= 11 is 0. The van der Waals surface area contributed by atoms with E-state index in [0.29, 0.717) is 12.0 Å². The summed E-state index contributed by atoms with van der Waals surface area (Å²) < 4.78 is 5.54. The van der Waals surface area contributed by atoms with Crippen molar-refractivity contribution in [1.82, 2.24) is 0 Å². The SMILES string of the molecule is CCOC1CC(CC(O)Cc2ccc(C)cc2)C1. The highest BCUT2D eigenvalue weighted by Gasteiger charge is 2.30. The average Bonchev–Trinajstić information content (AvgIpc) is 2.29. The van der Waals surface area contributed by atoms with Crippen LogP contribution in [0.25, 0.3) is 0 Å². The molecule has 0 aromatic heterocycles. The third kappa shape index (κ3) is 3.82. The molecular weight excluding hydrogens is 224 g/mol. The molecule has 1 N–H and O–H groups in total. The number of aliphatic hydroxyl groups excluding tert-OH is 1. The van der Waals surface area contributed by atoms with Gasteiger partial charge in [0.1, 0.15) is 0 Å². The van der Waals surface area contributed by atoms with Crippen LogP contribution in [0, 0.1) is 12.8 Å². The topological polar surface area (TPSA) is 29.5 Å². The molecule has 1 saturated carbocycles. The fraction of sp³-hybridized carbons (Fsp3) is 0.625. The van der Waals surface area contributed by atoms with Gasteiger partial charge in [0.05, 0.1) is 12.2 Å². The Hall–Kier alpha value is -0.860. The van der Waals surface area contributed by atoms with Crippen LogP contribution in [0.5, 0.6) is 0 Å². The average molecular weight is 248 g/mol. The first-order valence-electron chi connectivity index (χ1n) is 7.02. The van der Waals surface area contributed by atoms with Gasteiger partial charge in [-0.3, -0.25) is 0 Å². The van der Waals surface area contributed by atoms with E-state index in [1.165, 1.54) is 11.1 Å². The van der Waals surface area contributed by atoms with Crippen molar-refractivity contribution in [2.24, 2.45) is 5.92 Å². The smallest absolute Gasteiger partial charge is 0.0583 e. The minimum atomic E-state index is -0.208. The summed E-state index contributed by atoms with van der Waals surface area (Å²) in [4.78, 5) is 0. The van der Waals surface area contributed by atoms with Crippen LogP contribution in [0.2, 0.25) is 0 Å². The highest BCUT2D eigenvalue weighted by atomic mass is 16.5. The zero-order valence-corrected chi connectivity index (χ0v) is 11.4. The predicted octanol–water partition coefficient (Wildman–Crippen LogP) is 3.10. The molecule has 1 aromatic carbocycles. The standard InChI is InChI=1S/C16H24O2/c1-3-18-16-10-14(11-16)9-15(17)8-13-6-4-12(2)5-7-13/h4-7,14-17H,3,8-11H2,1-2H3. The summed E-state index contributed by atoms with van der Waals surface area (Å²) in [6.45, 7) is 4.94. The van der Waals surface area contributed by atoms with Crippen molar-refractivity contribution in [1.29, 1.82) is 0 Å². The number of hydrogen-bond donors (Lipinski definition) is 1. The molecule has 100 valence electrons. The Morgan fingerprint density at radius 1 is 1.28 bits per heavy atom. The molecule has 1 unspecified atom stereocenters. The van der Waals surface area contributed by atoms with Gasteiger partial charge < -0.3 is 9.84 Å². The zero-order chi connectivity index (χ0) is 13.0. The largest absolute Gasteiger partial charge is 0.393 e. The van der Waals surface area contributed by atoms with Crippen molar-refractivity contribution in [3.8, 4) is 0 Å². The number of rotatable bonds is 6. The van der Waals surface area contributed by atoms with E-state index in [4.69, 9.17) is 4.74 Å². The van der Waals surface area contributed by atoms with Crippen LogP contribution in [-0.4, -0.2) is 23.9 Å². The lowest BCUT2D eigenvalue weighted by molar-refractivity contribution is -0.0375. The van der Waals surface area contributed by atoms with Crippen LogP contribution in [0.1, 0.15) is 37.3 Å². The van der Waals surface area contributed by atoms with Gasteiger partial charge in [-0.2, -0.15) is 0 Å². The third-order valence-corrected chi connectivity index (χ3v) is 3.79. The number of benzene rings is 1. The molecule has 1 aromatic rings. The van der Waals surface area contributed by atoms with Gasteiger partial charge in [0.15, 0.2) is 0 Å². The van der Waals surface area contributed by atoms with Crippen LogP contribution in [-0.2, 0) is 11.2 Å². The Labute approximate surface area is 110 Å². The van der Waals surface area contributed by atoms with Crippen molar-refractivity contribution in [2.45, 2.75) is 51.7 Å². The molecule has 0 radical (unpaired) electrons. The highest BCUT2D eigenvalue weighted by molar-refractivity contribution is 5.21. The quantitative estimate of drug-likeness (QED) is 0.838. The van der Waals surface area contributed by atoms with Crippen molar-refractivity contribution in [3.63, 3.8) is 0 Å². The van der Waals surface area contributed by atoms with Gasteiger partial charge >= 0.3 is 0 Å². The Morgan fingerprint density at radius 2 is 1.94 bits per heavy atom. The first-order valence-corrected chi connectivity index (χ1v) is 7.02. The number of hydrogen-bond acceptors (Lipinski definition) is 2. The Kier molecular flexibility index (Phi) is 4.79. The summed E-state index contributed by atoms with van der Waals surface area (Å²) in [7, 11) is 0. The monoisotopic (exact) mass is 248 g/mol. The molecule has 18 heavy (non-hydrogen) atoms. The zero-order valence-electron chi connectivity index (χ0n) is 11.4. The Morgan fingerprint density at radius 3 is 2.56 bits per heavy atom. The van der Waals surface area contributed by atoms with Gasteiger partial charge in [-0.1, -0.05) is 29.8 Å². The van der Waals surface area contributed by atoms with E-state index in [1.54, 1.807) is 0 Å². The van der Waals surface area contributed by atoms with Crippen LogP contribution in [0.15, 0.2) is 24.3 Å². The second-order valence-electron chi connectivity index (χ2n) is 5.49. The summed E-state index contributed by atoms with van der Waals surface area (Å²) in [6.07, 6.45) is 4.18. The molecule has 1 aliphatic rings. The van der Waals surface area contributed by atoms with E-state index in [9.17, 15) is 5.11 Å². The Balaban J connectivity index is 1.70. The van der Waals surface area contributed by atoms with Gasteiger partial charge in [-0.15, -0.1) is 0 Å². The van der Waals surface area contributed by atoms with Crippen LogP contribution < -0.4 is 0 Å². The molecule has 0 bridgehead atoms. The maximum Gasteiger partial charge on any atom is 0.0583 e. The third-order valence-electron chi connectivity index (χ3n) is 3.79. The summed E-state index contributed by atoms with van der Waals surface area (Å²) in [5.74, 6) is 0.655. The molecule has 2 nitrogen and oxygen atoms in total. The molecular formula is C16H24O2. The number of aliphatic hydroxyl groups is 1. The summed E-state index contributed by atoms with van der Waals surface area (Å²) in [5, 5.41) is 10.1.